The molecule has 1 aromatic carbocycles. The van der Waals surface area contributed by atoms with E-state index < -0.39 is 0 Å². The van der Waals surface area contributed by atoms with Gasteiger partial charge in [-0.2, -0.15) is 0 Å². The molecule has 2 amide bonds. The predicted molar refractivity (Wildman–Crippen MR) is 103 cm³/mol. The van der Waals surface area contributed by atoms with E-state index in [-0.39, 0.29) is 11.8 Å². The van der Waals surface area contributed by atoms with Gasteiger partial charge in [0.2, 0.25) is 0 Å². The number of carbonyl (C=O) groups is 1. The van der Waals surface area contributed by atoms with Crippen molar-refractivity contribution in [3.05, 3.63) is 35.6 Å². The quantitative estimate of drug-likeness (QED) is 0.847. The van der Waals surface area contributed by atoms with Gasteiger partial charge < -0.3 is 10.2 Å². The summed E-state index contributed by atoms with van der Waals surface area (Å²) in [5, 5.41) is 3.22. The van der Waals surface area contributed by atoms with Crippen LogP contribution < -0.4 is 5.32 Å². The molecule has 5 heteroatoms. The van der Waals surface area contributed by atoms with E-state index in [9.17, 15) is 9.18 Å². The molecule has 4 nitrogen and oxygen atoms in total. The van der Waals surface area contributed by atoms with Gasteiger partial charge >= 0.3 is 6.03 Å². The van der Waals surface area contributed by atoms with E-state index in [0.717, 1.165) is 51.9 Å². The van der Waals surface area contributed by atoms with Crippen molar-refractivity contribution >= 4 is 6.03 Å². The largest absolute Gasteiger partial charge is 0.335 e. The van der Waals surface area contributed by atoms with Crippen molar-refractivity contribution in [3.8, 4) is 0 Å². The number of piperazine rings is 1. The normalized spacial score (nSPS) is 20.8. The van der Waals surface area contributed by atoms with E-state index >= 15 is 0 Å². The van der Waals surface area contributed by atoms with Gasteiger partial charge in [-0.15, -0.1) is 0 Å². The number of carbonyl (C=O) groups excluding carboxylic acids is 1. The third-order valence-electron chi connectivity index (χ3n) is 5.79. The van der Waals surface area contributed by atoms with Gasteiger partial charge in [-0.1, -0.05) is 44.7 Å². The van der Waals surface area contributed by atoms with Crippen LogP contribution in [0.1, 0.15) is 63.5 Å². The summed E-state index contributed by atoms with van der Waals surface area (Å²) in [6, 6.07) is 7.67. The number of amides is 2. The second kappa shape index (κ2) is 9.36. The number of nitrogens with one attached hydrogen (secondary N) is 1. The molecule has 1 saturated carbocycles. The number of hydrogen-bond donors (Lipinski definition) is 1. The first-order valence-electron chi connectivity index (χ1n) is 10.2. The second-order valence-electron chi connectivity index (χ2n) is 7.66. The average Bonchev–Trinajstić information content (AvgIpc) is 2.68. The average molecular weight is 362 g/mol. The Balaban J connectivity index is 1.53. The Morgan fingerprint density at radius 1 is 1.12 bits per heavy atom. The van der Waals surface area contributed by atoms with Crippen LogP contribution in [0, 0.1) is 5.82 Å². The number of hydrogen-bond acceptors (Lipinski definition) is 2. The Labute approximate surface area is 156 Å². The van der Waals surface area contributed by atoms with Crippen LogP contribution in [0.15, 0.2) is 24.3 Å². The monoisotopic (exact) mass is 361 g/mol. The molecule has 0 aromatic heterocycles. The zero-order valence-electron chi connectivity index (χ0n) is 15.9. The first kappa shape index (κ1) is 19.2. The summed E-state index contributed by atoms with van der Waals surface area (Å²) in [4.78, 5) is 16.9. The van der Waals surface area contributed by atoms with E-state index in [2.05, 4.69) is 17.1 Å². The molecular weight excluding hydrogens is 329 g/mol. The highest BCUT2D eigenvalue weighted by molar-refractivity contribution is 5.74. The first-order valence-corrected chi connectivity index (χ1v) is 10.2. The number of nitrogens with zero attached hydrogens (tertiary/aromatic N) is 2. The van der Waals surface area contributed by atoms with Crippen LogP contribution in [0.5, 0.6) is 0 Å². The minimum Gasteiger partial charge on any atom is -0.335 e. The fraction of sp³-hybridized carbons (Fsp3) is 0.667. The Bertz CT molecular complexity index is 563. The van der Waals surface area contributed by atoms with Crippen molar-refractivity contribution in [1.82, 2.24) is 15.1 Å². The molecule has 1 aromatic rings. The molecule has 1 N–H and O–H groups in total. The highest BCUT2D eigenvalue weighted by Gasteiger charge is 2.27. The van der Waals surface area contributed by atoms with Gasteiger partial charge in [0.25, 0.3) is 0 Å². The van der Waals surface area contributed by atoms with Gasteiger partial charge in [-0.3, -0.25) is 4.90 Å². The summed E-state index contributed by atoms with van der Waals surface area (Å²) in [6.07, 6.45) is 8.14. The molecular formula is C21H32FN3O. The summed E-state index contributed by atoms with van der Waals surface area (Å²) >= 11 is 0. The molecule has 0 bridgehead atoms. The van der Waals surface area contributed by atoms with Crippen LogP contribution in [-0.4, -0.2) is 48.1 Å². The second-order valence-corrected chi connectivity index (χ2v) is 7.66. The minimum atomic E-state index is -0.187. The lowest BCUT2D eigenvalue weighted by molar-refractivity contribution is 0.101. The molecule has 144 valence electrons. The number of rotatable bonds is 5. The fourth-order valence-corrected chi connectivity index (χ4v) is 4.27. The van der Waals surface area contributed by atoms with Gasteiger partial charge in [-0.05, 0) is 37.0 Å². The Kier molecular flexibility index (Phi) is 6.89. The predicted octanol–water partition coefficient (Wildman–Crippen LogP) is 4.33. The van der Waals surface area contributed by atoms with Crippen molar-refractivity contribution in [2.45, 2.75) is 64.0 Å². The molecule has 0 radical (unpaired) electrons. The lowest BCUT2D eigenvalue weighted by Gasteiger charge is -2.40. The van der Waals surface area contributed by atoms with E-state index in [1.54, 1.807) is 12.1 Å². The standard InChI is InChI=1S/C21H32FN3O/c1-2-6-20(17-9-11-18(22)12-10-17)24-13-15-25(16-14-24)21(26)23-19-7-4-3-5-8-19/h9-12,19-20H,2-8,13-16H2,1H3,(H,23,26). The van der Waals surface area contributed by atoms with Crippen molar-refractivity contribution in [2.75, 3.05) is 26.2 Å². The molecule has 1 heterocycles. The topological polar surface area (TPSA) is 35.6 Å². The number of halogens is 1. The minimum absolute atomic E-state index is 0.102. The van der Waals surface area contributed by atoms with E-state index in [1.807, 2.05) is 17.0 Å². The smallest absolute Gasteiger partial charge is 0.317 e. The van der Waals surface area contributed by atoms with Crippen LogP contribution in [0.4, 0.5) is 9.18 Å². The summed E-state index contributed by atoms with van der Waals surface area (Å²) < 4.78 is 13.2. The molecule has 2 aliphatic rings. The highest BCUT2D eigenvalue weighted by atomic mass is 19.1. The molecule has 1 unspecified atom stereocenters. The Morgan fingerprint density at radius 3 is 2.38 bits per heavy atom. The van der Waals surface area contributed by atoms with Gasteiger partial charge in [0.05, 0.1) is 0 Å². The fourth-order valence-electron chi connectivity index (χ4n) is 4.27. The first-order chi connectivity index (χ1) is 12.7. The van der Waals surface area contributed by atoms with Crippen molar-refractivity contribution in [1.29, 1.82) is 0 Å². The molecule has 0 spiro atoms. The van der Waals surface area contributed by atoms with Gasteiger partial charge in [0.1, 0.15) is 5.82 Å². The highest BCUT2D eigenvalue weighted by Crippen LogP contribution is 2.27. The SMILES string of the molecule is CCCC(c1ccc(F)cc1)N1CCN(C(=O)NC2CCCCC2)CC1. The molecule has 1 aliphatic heterocycles. The third-order valence-corrected chi connectivity index (χ3v) is 5.79. The van der Waals surface area contributed by atoms with Crippen LogP contribution in [0.3, 0.4) is 0 Å². The maximum absolute atomic E-state index is 13.2. The van der Waals surface area contributed by atoms with Crippen molar-refractivity contribution in [2.24, 2.45) is 0 Å². The zero-order chi connectivity index (χ0) is 18.4. The van der Waals surface area contributed by atoms with Crippen LogP contribution in [0.25, 0.3) is 0 Å². The van der Waals surface area contributed by atoms with Crippen LogP contribution in [-0.2, 0) is 0 Å². The maximum Gasteiger partial charge on any atom is 0.317 e. The number of benzene rings is 1. The van der Waals surface area contributed by atoms with Crippen LogP contribution in [0.2, 0.25) is 0 Å². The molecule has 2 fully saturated rings. The Hall–Kier alpha value is -1.62. The molecule has 1 atom stereocenters. The molecule has 1 aliphatic carbocycles. The molecule has 26 heavy (non-hydrogen) atoms. The van der Waals surface area contributed by atoms with Crippen LogP contribution >= 0.6 is 0 Å². The summed E-state index contributed by atoms with van der Waals surface area (Å²) in [5.41, 5.74) is 1.17. The molecule has 1 saturated heterocycles. The van der Waals surface area contributed by atoms with E-state index in [0.29, 0.717) is 12.1 Å². The van der Waals surface area contributed by atoms with Crippen molar-refractivity contribution in [3.63, 3.8) is 0 Å². The summed E-state index contributed by atoms with van der Waals surface area (Å²) in [6.45, 7) is 5.46. The van der Waals surface area contributed by atoms with Gasteiger partial charge in [0, 0.05) is 38.3 Å². The summed E-state index contributed by atoms with van der Waals surface area (Å²) in [5.74, 6) is -0.187. The van der Waals surface area contributed by atoms with Gasteiger partial charge in [-0.25, -0.2) is 9.18 Å². The van der Waals surface area contributed by atoms with E-state index in [4.69, 9.17) is 0 Å². The lowest BCUT2D eigenvalue weighted by Crippen LogP contribution is -2.54. The maximum atomic E-state index is 13.2. The Morgan fingerprint density at radius 2 is 1.77 bits per heavy atom. The lowest BCUT2D eigenvalue weighted by atomic mass is 9.96. The molecule has 3 rings (SSSR count). The van der Waals surface area contributed by atoms with Crippen molar-refractivity contribution < 1.29 is 9.18 Å². The summed E-state index contributed by atoms with van der Waals surface area (Å²) in [7, 11) is 0. The zero-order valence-corrected chi connectivity index (χ0v) is 15.9. The third kappa shape index (κ3) is 4.97. The number of urea groups is 1. The van der Waals surface area contributed by atoms with E-state index in [1.165, 1.54) is 24.8 Å². The van der Waals surface area contributed by atoms with Gasteiger partial charge in [0.15, 0.2) is 0 Å².